The number of hydrogen-bond acceptors (Lipinski definition) is 4. The number of aryl methyl sites for hydroxylation is 1. The highest BCUT2D eigenvalue weighted by Gasteiger charge is 2.42. The van der Waals surface area contributed by atoms with Gasteiger partial charge >= 0.3 is 24.5 Å². The van der Waals surface area contributed by atoms with E-state index in [0.717, 1.165) is 23.0 Å². The van der Waals surface area contributed by atoms with Gasteiger partial charge in [-0.05, 0) is 62.6 Å². The molecule has 208 valence electrons. The predicted molar refractivity (Wildman–Crippen MR) is 122 cm³/mol. The van der Waals surface area contributed by atoms with Gasteiger partial charge in [-0.25, -0.2) is 14.0 Å². The van der Waals surface area contributed by atoms with Crippen molar-refractivity contribution in [2.24, 2.45) is 0 Å². The minimum atomic E-state index is -5.08. The van der Waals surface area contributed by atoms with E-state index in [1.807, 2.05) is 0 Å². The molecule has 6 nitrogen and oxygen atoms in total. The van der Waals surface area contributed by atoms with Gasteiger partial charge in [0.05, 0.1) is 36.6 Å². The van der Waals surface area contributed by atoms with Crippen molar-refractivity contribution >= 4 is 17.9 Å². The fourth-order valence-electron chi connectivity index (χ4n) is 4.53. The van der Waals surface area contributed by atoms with Crippen molar-refractivity contribution in [1.29, 1.82) is 0 Å². The standard InChI is InChI=1S/C25H25F7N2O4/c1-5-38-23(36)34-14(3)8-20(18-6-13(2)7-19(26)21(18)34)33(22(35)37-4)12-15-9-16(24(27,28)29)11-17(10-15)25(30,31)32/h6-7,9-11,14,20H,5,8,12H2,1-4H3/t14-,20+/m0/s1. The van der Waals surface area contributed by atoms with Crippen LogP contribution in [0.5, 0.6) is 0 Å². The quantitative estimate of drug-likeness (QED) is 0.377. The van der Waals surface area contributed by atoms with Crippen LogP contribution in [0.25, 0.3) is 0 Å². The summed E-state index contributed by atoms with van der Waals surface area (Å²) in [6, 6.07) is 1.84. The first-order valence-electron chi connectivity index (χ1n) is 11.5. The van der Waals surface area contributed by atoms with Gasteiger partial charge in [-0.3, -0.25) is 9.80 Å². The monoisotopic (exact) mass is 550 g/mol. The Labute approximate surface area is 213 Å². The van der Waals surface area contributed by atoms with E-state index in [9.17, 15) is 35.9 Å². The minimum absolute atomic E-state index is 0.000331. The summed E-state index contributed by atoms with van der Waals surface area (Å²) in [5.41, 5.74) is -3.21. The first-order valence-corrected chi connectivity index (χ1v) is 11.5. The van der Waals surface area contributed by atoms with Crippen LogP contribution in [0.15, 0.2) is 30.3 Å². The summed E-state index contributed by atoms with van der Waals surface area (Å²) >= 11 is 0. The second-order valence-electron chi connectivity index (χ2n) is 8.87. The lowest BCUT2D eigenvalue weighted by molar-refractivity contribution is -0.143. The Balaban J connectivity index is 2.17. The van der Waals surface area contributed by atoms with Gasteiger partial charge in [-0.15, -0.1) is 0 Å². The van der Waals surface area contributed by atoms with Crippen LogP contribution in [0.3, 0.4) is 0 Å². The summed E-state index contributed by atoms with van der Waals surface area (Å²) < 4.78 is 106. The molecule has 2 aromatic rings. The Hall–Kier alpha value is -3.51. The topological polar surface area (TPSA) is 59.1 Å². The third-order valence-corrected chi connectivity index (χ3v) is 6.09. The molecule has 0 saturated heterocycles. The van der Waals surface area contributed by atoms with Gasteiger partial charge in [0.2, 0.25) is 0 Å². The molecule has 13 heteroatoms. The van der Waals surface area contributed by atoms with E-state index in [4.69, 9.17) is 9.47 Å². The number of benzene rings is 2. The number of anilines is 1. The average Bonchev–Trinajstić information content (AvgIpc) is 2.80. The molecule has 3 rings (SSSR count). The first kappa shape index (κ1) is 29.1. The molecule has 2 aromatic carbocycles. The zero-order chi connectivity index (χ0) is 28.6. The number of methoxy groups -OCH3 is 1. The fraction of sp³-hybridized carbons (Fsp3) is 0.440. The van der Waals surface area contributed by atoms with Crippen molar-refractivity contribution in [1.82, 2.24) is 4.90 Å². The maximum absolute atomic E-state index is 15.2. The molecule has 1 aliphatic heterocycles. The molecule has 0 saturated carbocycles. The third kappa shape index (κ3) is 5.97. The van der Waals surface area contributed by atoms with Gasteiger partial charge in [-0.2, -0.15) is 26.3 Å². The number of carbonyl (C=O) groups is 2. The zero-order valence-electron chi connectivity index (χ0n) is 20.8. The molecule has 0 bridgehead atoms. The van der Waals surface area contributed by atoms with Gasteiger partial charge in [-0.1, -0.05) is 6.07 Å². The SMILES string of the molecule is CCOC(=O)N1c2c(F)cc(C)cc2[C@H](N(Cc2cc(C(F)(F)F)cc(C(F)(F)F)c2)C(=O)OC)C[C@@H]1C. The van der Waals surface area contributed by atoms with E-state index >= 15 is 4.39 Å². The lowest BCUT2D eigenvalue weighted by Gasteiger charge is -2.42. The van der Waals surface area contributed by atoms with E-state index in [2.05, 4.69) is 0 Å². The second kappa shape index (κ2) is 10.7. The van der Waals surface area contributed by atoms with Crippen molar-refractivity contribution in [2.45, 2.75) is 58.2 Å². The summed E-state index contributed by atoms with van der Waals surface area (Å²) in [6.45, 7) is 3.95. The fourth-order valence-corrected chi connectivity index (χ4v) is 4.53. The molecule has 0 aliphatic carbocycles. The van der Waals surface area contributed by atoms with Crippen molar-refractivity contribution < 1.29 is 49.8 Å². The van der Waals surface area contributed by atoms with Gasteiger partial charge in [0.15, 0.2) is 0 Å². The summed E-state index contributed by atoms with van der Waals surface area (Å²) in [4.78, 5) is 27.5. The van der Waals surface area contributed by atoms with Crippen LogP contribution in [0.2, 0.25) is 0 Å². The van der Waals surface area contributed by atoms with E-state index in [0.29, 0.717) is 17.7 Å². The molecular formula is C25H25F7N2O4. The number of halogens is 7. The summed E-state index contributed by atoms with van der Waals surface area (Å²) in [5.74, 6) is -0.812. The summed E-state index contributed by atoms with van der Waals surface area (Å²) in [7, 11) is 0.998. The molecule has 0 aromatic heterocycles. The number of rotatable bonds is 4. The number of fused-ring (bicyclic) bond motifs is 1. The number of amides is 2. The highest BCUT2D eigenvalue weighted by atomic mass is 19.4. The Morgan fingerprint density at radius 1 is 1.03 bits per heavy atom. The molecule has 0 unspecified atom stereocenters. The number of alkyl halides is 6. The molecule has 38 heavy (non-hydrogen) atoms. The van der Waals surface area contributed by atoms with E-state index in [1.165, 1.54) is 6.07 Å². The Bertz CT molecular complexity index is 1180. The van der Waals surface area contributed by atoms with Crippen LogP contribution in [0, 0.1) is 12.7 Å². The Morgan fingerprint density at radius 3 is 2.11 bits per heavy atom. The average molecular weight is 550 g/mol. The van der Waals surface area contributed by atoms with E-state index in [-0.39, 0.29) is 30.3 Å². The van der Waals surface area contributed by atoms with E-state index < -0.39 is 65.7 Å². The Morgan fingerprint density at radius 2 is 1.61 bits per heavy atom. The molecule has 2 amide bonds. The van der Waals surface area contributed by atoms with Crippen LogP contribution in [-0.4, -0.2) is 36.8 Å². The maximum atomic E-state index is 15.2. The normalized spacial score (nSPS) is 17.6. The number of ether oxygens (including phenoxy) is 2. The lowest BCUT2D eigenvalue weighted by atomic mass is 9.89. The molecular weight excluding hydrogens is 525 g/mol. The van der Waals surface area contributed by atoms with Crippen molar-refractivity contribution in [3.8, 4) is 0 Å². The largest absolute Gasteiger partial charge is 0.453 e. The van der Waals surface area contributed by atoms with Gasteiger partial charge in [0.25, 0.3) is 0 Å². The van der Waals surface area contributed by atoms with Crippen molar-refractivity contribution in [3.05, 3.63) is 64.0 Å². The molecule has 1 heterocycles. The molecule has 1 aliphatic rings. The number of hydrogen-bond donors (Lipinski definition) is 0. The summed E-state index contributed by atoms with van der Waals surface area (Å²) in [6.07, 6.45) is -12.1. The van der Waals surface area contributed by atoms with Crippen LogP contribution in [0.4, 0.5) is 46.0 Å². The van der Waals surface area contributed by atoms with Crippen LogP contribution >= 0.6 is 0 Å². The molecule has 0 N–H and O–H groups in total. The van der Waals surface area contributed by atoms with Crippen LogP contribution in [-0.2, 0) is 28.4 Å². The summed E-state index contributed by atoms with van der Waals surface area (Å²) in [5, 5.41) is 0. The highest BCUT2D eigenvalue weighted by Crippen LogP contribution is 2.44. The zero-order valence-corrected chi connectivity index (χ0v) is 20.8. The lowest BCUT2D eigenvalue weighted by Crippen LogP contribution is -2.48. The highest BCUT2D eigenvalue weighted by molar-refractivity contribution is 5.90. The van der Waals surface area contributed by atoms with Gasteiger partial charge in [0.1, 0.15) is 5.82 Å². The van der Waals surface area contributed by atoms with Crippen LogP contribution in [0.1, 0.15) is 54.1 Å². The van der Waals surface area contributed by atoms with Crippen LogP contribution < -0.4 is 4.90 Å². The number of nitrogens with zero attached hydrogens (tertiary/aromatic N) is 2. The minimum Gasteiger partial charge on any atom is -0.453 e. The van der Waals surface area contributed by atoms with Gasteiger partial charge < -0.3 is 9.47 Å². The van der Waals surface area contributed by atoms with E-state index in [1.54, 1.807) is 20.8 Å². The smallest absolute Gasteiger partial charge is 0.416 e. The first-order chi connectivity index (χ1) is 17.6. The molecule has 2 atom stereocenters. The van der Waals surface area contributed by atoms with Crippen molar-refractivity contribution in [3.63, 3.8) is 0 Å². The van der Waals surface area contributed by atoms with Crippen molar-refractivity contribution in [2.75, 3.05) is 18.6 Å². The second-order valence-corrected chi connectivity index (χ2v) is 8.87. The molecule has 0 radical (unpaired) electrons. The number of carbonyl (C=O) groups excluding carboxylic acids is 2. The van der Waals surface area contributed by atoms with Gasteiger partial charge in [0, 0.05) is 18.2 Å². The third-order valence-electron chi connectivity index (χ3n) is 6.09. The molecule has 0 fully saturated rings. The Kier molecular flexibility index (Phi) is 8.18. The molecule has 0 spiro atoms. The predicted octanol–water partition coefficient (Wildman–Crippen LogP) is 7.24. The maximum Gasteiger partial charge on any atom is 0.416 e.